The molecule has 1 aliphatic carbocycles. The molecule has 0 aromatic rings. The van der Waals surface area contributed by atoms with E-state index in [1.807, 2.05) is 0 Å². The summed E-state index contributed by atoms with van der Waals surface area (Å²) >= 11 is 4.26. The summed E-state index contributed by atoms with van der Waals surface area (Å²) in [6.45, 7) is 6.16. The standard InChI is InChI=1S/C18H37NS/c1-18(2)13-11-17(12-14-18)19(3)15-9-7-5-4-6-8-10-16-20/h17,20H,4-16H2,1-3H3. The number of rotatable bonds is 10. The van der Waals surface area contributed by atoms with E-state index in [1.165, 1.54) is 77.2 Å². The van der Waals surface area contributed by atoms with Gasteiger partial charge in [-0.2, -0.15) is 12.6 Å². The van der Waals surface area contributed by atoms with Crippen molar-refractivity contribution in [2.24, 2.45) is 5.41 Å². The van der Waals surface area contributed by atoms with Crippen LogP contribution in [0.1, 0.15) is 84.5 Å². The number of hydrogen-bond donors (Lipinski definition) is 1. The normalized spacial score (nSPS) is 19.6. The lowest BCUT2D eigenvalue weighted by molar-refractivity contribution is 0.126. The van der Waals surface area contributed by atoms with Crippen LogP contribution in [0, 0.1) is 5.41 Å². The number of hydrogen-bond acceptors (Lipinski definition) is 2. The minimum absolute atomic E-state index is 0.602. The lowest BCUT2D eigenvalue weighted by Gasteiger charge is -2.38. The maximum Gasteiger partial charge on any atom is 0.00926 e. The van der Waals surface area contributed by atoms with E-state index in [9.17, 15) is 0 Å². The Morgan fingerprint density at radius 1 is 0.900 bits per heavy atom. The molecule has 120 valence electrons. The van der Waals surface area contributed by atoms with Crippen LogP contribution in [0.3, 0.4) is 0 Å². The minimum Gasteiger partial charge on any atom is -0.303 e. The van der Waals surface area contributed by atoms with E-state index in [1.54, 1.807) is 0 Å². The van der Waals surface area contributed by atoms with Crippen LogP contribution in [0.25, 0.3) is 0 Å². The minimum atomic E-state index is 0.602. The van der Waals surface area contributed by atoms with Gasteiger partial charge in [0.05, 0.1) is 0 Å². The molecule has 0 atom stereocenters. The maximum atomic E-state index is 4.26. The quantitative estimate of drug-likeness (QED) is 0.409. The second-order valence-electron chi connectivity index (χ2n) is 7.57. The Bertz CT molecular complexity index is 230. The van der Waals surface area contributed by atoms with Crippen molar-refractivity contribution in [1.82, 2.24) is 4.90 Å². The Labute approximate surface area is 133 Å². The summed E-state index contributed by atoms with van der Waals surface area (Å²) in [5.74, 6) is 1.06. The van der Waals surface area contributed by atoms with Gasteiger partial charge in [-0.25, -0.2) is 0 Å². The predicted octanol–water partition coefficient (Wildman–Crippen LogP) is 5.55. The summed E-state index contributed by atoms with van der Waals surface area (Å²) < 4.78 is 0. The highest BCUT2D eigenvalue weighted by molar-refractivity contribution is 7.80. The zero-order chi connectivity index (χ0) is 14.8. The third kappa shape index (κ3) is 7.93. The largest absolute Gasteiger partial charge is 0.303 e. The lowest BCUT2D eigenvalue weighted by atomic mass is 9.75. The van der Waals surface area contributed by atoms with Crippen LogP contribution in [0.15, 0.2) is 0 Å². The first-order valence-corrected chi connectivity index (χ1v) is 9.49. The van der Waals surface area contributed by atoms with Gasteiger partial charge in [0.25, 0.3) is 0 Å². The van der Waals surface area contributed by atoms with Crippen LogP contribution in [0.4, 0.5) is 0 Å². The van der Waals surface area contributed by atoms with Crippen molar-refractivity contribution >= 4 is 12.6 Å². The number of nitrogens with zero attached hydrogens (tertiary/aromatic N) is 1. The number of unbranched alkanes of at least 4 members (excludes halogenated alkanes) is 6. The highest BCUT2D eigenvalue weighted by Gasteiger charge is 2.28. The molecule has 0 aliphatic heterocycles. The van der Waals surface area contributed by atoms with Crippen molar-refractivity contribution in [1.29, 1.82) is 0 Å². The highest BCUT2D eigenvalue weighted by Crippen LogP contribution is 2.36. The van der Waals surface area contributed by atoms with Crippen LogP contribution >= 0.6 is 12.6 Å². The van der Waals surface area contributed by atoms with Crippen LogP contribution < -0.4 is 0 Å². The Morgan fingerprint density at radius 3 is 1.95 bits per heavy atom. The molecule has 1 aliphatic rings. The molecule has 0 bridgehead atoms. The molecule has 1 nitrogen and oxygen atoms in total. The molecule has 0 N–H and O–H groups in total. The summed E-state index contributed by atoms with van der Waals surface area (Å²) in [5, 5.41) is 0. The molecule has 0 saturated heterocycles. The molecule has 1 fully saturated rings. The van der Waals surface area contributed by atoms with Crippen molar-refractivity contribution in [3.05, 3.63) is 0 Å². The third-order valence-corrected chi connectivity index (χ3v) is 5.42. The van der Waals surface area contributed by atoms with Crippen molar-refractivity contribution in [2.75, 3.05) is 19.3 Å². The van der Waals surface area contributed by atoms with Crippen molar-refractivity contribution in [3.63, 3.8) is 0 Å². The third-order valence-electron chi connectivity index (χ3n) is 5.10. The Kier molecular flexibility index (Phi) is 9.28. The second-order valence-corrected chi connectivity index (χ2v) is 8.02. The van der Waals surface area contributed by atoms with Crippen LogP contribution in [-0.4, -0.2) is 30.3 Å². The summed E-state index contributed by atoms with van der Waals surface area (Å²) in [6.07, 6.45) is 15.4. The zero-order valence-corrected chi connectivity index (χ0v) is 15.1. The Hall–Kier alpha value is 0.310. The fourth-order valence-corrected chi connectivity index (χ4v) is 3.59. The summed E-state index contributed by atoms with van der Waals surface area (Å²) in [5.41, 5.74) is 0.602. The smallest absolute Gasteiger partial charge is 0.00926 e. The molecule has 0 aromatic carbocycles. The summed E-state index contributed by atoms with van der Waals surface area (Å²) in [7, 11) is 2.34. The molecular weight excluding hydrogens is 262 g/mol. The van der Waals surface area contributed by atoms with Crippen LogP contribution in [-0.2, 0) is 0 Å². The SMILES string of the molecule is CN(CCCCCCCCCS)C1CCC(C)(C)CC1. The molecule has 1 saturated carbocycles. The van der Waals surface area contributed by atoms with Gasteiger partial charge in [0.1, 0.15) is 0 Å². The molecule has 0 unspecified atom stereocenters. The zero-order valence-electron chi connectivity index (χ0n) is 14.2. The van der Waals surface area contributed by atoms with Gasteiger partial charge in [0.15, 0.2) is 0 Å². The van der Waals surface area contributed by atoms with Gasteiger partial charge in [-0.05, 0) is 63.3 Å². The van der Waals surface area contributed by atoms with Crippen LogP contribution in [0.5, 0.6) is 0 Å². The first kappa shape index (κ1) is 18.4. The van der Waals surface area contributed by atoms with E-state index in [-0.39, 0.29) is 0 Å². The van der Waals surface area contributed by atoms with E-state index in [2.05, 4.69) is 38.4 Å². The lowest BCUT2D eigenvalue weighted by Crippen LogP contribution is -2.37. The van der Waals surface area contributed by atoms with Gasteiger partial charge >= 0.3 is 0 Å². The average Bonchev–Trinajstić information content (AvgIpc) is 2.41. The van der Waals surface area contributed by atoms with E-state index in [4.69, 9.17) is 0 Å². The summed E-state index contributed by atoms with van der Waals surface area (Å²) in [4.78, 5) is 2.64. The molecule has 0 heterocycles. The Morgan fingerprint density at radius 2 is 1.40 bits per heavy atom. The second kappa shape index (κ2) is 10.1. The highest BCUT2D eigenvalue weighted by atomic mass is 32.1. The maximum absolute atomic E-state index is 4.26. The van der Waals surface area contributed by atoms with Gasteiger partial charge in [-0.15, -0.1) is 0 Å². The van der Waals surface area contributed by atoms with Gasteiger partial charge in [0, 0.05) is 6.04 Å². The fraction of sp³-hybridized carbons (Fsp3) is 1.00. The van der Waals surface area contributed by atoms with Crippen molar-refractivity contribution < 1.29 is 0 Å². The molecular formula is C18H37NS. The van der Waals surface area contributed by atoms with Gasteiger partial charge in [-0.3, -0.25) is 0 Å². The molecule has 2 heteroatoms. The van der Waals surface area contributed by atoms with E-state index in [0.717, 1.165) is 11.8 Å². The molecule has 20 heavy (non-hydrogen) atoms. The molecule has 0 aromatic heterocycles. The predicted molar refractivity (Wildman–Crippen MR) is 94.8 cm³/mol. The van der Waals surface area contributed by atoms with E-state index in [0.29, 0.717) is 5.41 Å². The van der Waals surface area contributed by atoms with Gasteiger partial charge < -0.3 is 4.90 Å². The molecule has 1 rings (SSSR count). The first-order valence-electron chi connectivity index (χ1n) is 8.86. The molecule has 0 amide bonds. The van der Waals surface area contributed by atoms with Gasteiger partial charge in [0.2, 0.25) is 0 Å². The van der Waals surface area contributed by atoms with Crippen molar-refractivity contribution in [2.45, 2.75) is 90.5 Å². The topological polar surface area (TPSA) is 3.24 Å². The van der Waals surface area contributed by atoms with Crippen LogP contribution in [0.2, 0.25) is 0 Å². The van der Waals surface area contributed by atoms with E-state index >= 15 is 0 Å². The first-order chi connectivity index (χ1) is 9.55. The van der Waals surface area contributed by atoms with Gasteiger partial charge in [-0.1, -0.05) is 46.0 Å². The monoisotopic (exact) mass is 299 g/mol. The molecule has 0 radical (unpaired) electrons. The summed E-state index contributed by atoms with van der Waals surface area (Å²) in [6, 6.07) is 0.860. The number of thiol groups is 1. The fourth-order valence-electron chi connectivity index (χ4n) is 3.36. The van der Waals surface area contributed by atoms with Crippen molar-refractivity contribution in [3.8, 4) is 0 Å². The average molecular weight is 300 g/mol. The molecule has 0 spiro atoms. The Balaban J connectivity index is 1.96. The van der Waals surface area contributed by atoms with E-state index < -0.39 is 0 Å².